The molecule has 0 unspecified atom stereocenters. The molecule has 0 aromatic carbocycles. The smallest absolute Gasteiger partial charge is 0.214 e. The Balaban J connectivity index is 2.05. The van der Waals surface area contributed by atoms with Crippen LogP contribution in [0.2, 0.25) is 0 Å². The molecule has 0 aromatic rings. The molecule has 2 atom stereocenters. The molecule has 1 spiro atoms. The van der Waals surface area contributed by atoms with Gasteiger partial charge < -0.3 is 4.74 Å². The second-order valence-corrected chi connectivity index (χ2v) is 8.38. The fourth-order valence-corrected chi connectivity index (χ4v) is 5.51. The minimum atomic E-state index is -3.27. The molecule has 0 heterocycles. The van der Waals surface area contributed by atoms with Crippen LogP contribution < -0.4 is 0 Å². The van der Waals surface area contributed by atoms with Crippen molar-refractivity contribution in [1.82, 2.24) is 4.31 Å². The van der Waals surface area contributed by atoms with Gasteiger partial charge in [-0.3, -0.25) is 0 Å². The average molecular weight is 314 g/mol. The highest BCUT2D eigenvalue weighted by atomic mass is 32.2. The molecule has 2 aliphatic rings. The molecule has 2 rings (SSSR count). The number of nitriles is 1. The summed E-state index contributed by atoms with van der Waals surface area (Å²) < 4.78 is 32.3. The van der Waals surface area contributed by atoms with Gasteiger partial charge in [0.05, 0.1) is 17.9 Å². The van der Waals surface area contributed by atoms with Crippen molar-refractivity contribution in [2.75, 3.05) is 19.4 Å². The molecule has 2 aliphatic carbocycles. The van der Waals surface area contributed by atoms with Gasteiger partial charge in [0.2, 0.25) is 10.0 Å². The maximum atomic E-state index is 12.4. The van der Waals surface area contributed by atoms with Crippen LogP contribution in [-0.4, -0.2) is 44.3 Å². The summed E-state index contributed by atoms with van der Waals surface area (Å²) in [6, 6.07) is 2.08. The number of ether oxygens (including phenoxy) is 1. The van der Waals surface area contributed by atoms with Crippen molar-refractivity contribution in [3.8, 4) is 6.07 Å². The van der Waals surface area contributed by atoms with E-state index in [0.717, 1.165) is 19.3 Å². The first-order valence-corrected chi connectivity index (χ1v) is 9.53. The van der Waals surface area contributed by atoms with Gasteiger partial charge >= 0.3 is 0 Å². The van der Waals surface area contributed by atoms with Gasteiger partial charge in [0.15, 0.2) is 0 Å². The summed E-state index contributed by atoms with van der Waals surface area (Å²) in [4.78, 5) is 0. The Kier molecular flexibility index (Phi) is 5.29. The number of rotatable bonds is 7. The van der Waals surface area contributed by atoms with E-state index in [1.54, 1.807) is 11.4 Å². The highest BCUT2D eigenvalue weighted by Crippen LogP contribution is 2.56. The number of sulfonamides is 1. The fourth-order valence-electron chi connectivity index (χ4n) is 4.03. The highest BCUT2D eigenvalue weighted by molar-refractivity contribution is 7.89. The van der Waals surface area contributed by atoms with Crippen LogP contribution in [0.25, 0.3) is 0 Å². The summed E-state index contributed by atoms with van der Waals surface area (Å²) in [6.07, 6.45) is 6.21. The van der Waals surface area contributed by atoms with Crippen LogP contribution in [0.4, 0.5) is 0 Å². The highest BCUT2D eigenvalue weighted by Gasteiger charge is 2.59. The van der Waals surface area contributed by atoms with Crippen LogP contribution in [-0.2, 0) is 14.8 Å². The molecule has 0 amide bonds. The summed E-state index contributed by atoms with van der Waals surface area (Å²) in [6.45, 7) is 2.69. The summed E-state index contributed by atoms with van der Waals surface area (Å²) in [5.74, 6) is 0.0724. The van der Waals surface area contributed by atoms with Crippen molar-refractivity contribution in [3.05, 3.63) is 0 Å². The van der Waals surface area contributed by atoms with Gasteiger partial charge in [-0.15, -0.1) is 0 Å². The lowest BCUT2D eigenvalue weighted by Gasteiger charge is -2.56. The number of unbranched alkanes of at least 4 members (excludes halogenated alkanes) is 1. The van der Waals surface area contributed by atoms with E-state index in [0.29, 0.717) is 19.4 Å². The Labute approximate surface area is 128 Å². The van der Waals surface area contributed by atoms with Crippen molar-refractivity contribution in [2.24, 2.45) is 5.41 Å². The molecule has 0 bridgehead atoms. The van der Waals surface area contributed by atoms with Gasteiger partial charge in [0, 0.05) is 31.5 Å². The van der Waals surface area contributed by atoms with Crippen molar-refractivity contribution in [2.45, 2.75) is 64.0 Å². The molecule has 21 heavy (non-hydrogen) atoms. The van der Waals surface area contributed by atoms with Gasteiger partial charge in [0.25, 0.3) is 0 Å². The van der Waals surface area contributed by atoms with E-state index in [1.165, 1.54) is 12.8 Å². The molecular weight excluding hydrogens is 288 g/mol. The Hall–Kier alpha value is -0.640. The van der Waals surface area contributed by atoms with Gasteiger partial charge in [0.1, 0.15) is 0 Å². The molecule has 0 saturated heterocycles. The Morgan fingerprint density at radius 2 is 2.05 bits per heavy atom. The lowest BCUT2D eigenvalue weighted by atomic mass is 9.60. The van der Waals surface area contributed by atoms with E-state index in [-0.39, 0.29) is 23.3 Å². The van der Waals surface area contributed by atoms with Gasteiger partial charge in [-0.1, -0.05) is 12.8 Å². The molecule has 120 valence electrons. The first-order chi connectivity index (χ1) is 9.98. The van der Waals surface area contributed by atoms with Gasteiger partial charge in [-0.2, -0.15) is 5.26 Å². The zero-order valence-corrected chi connectivity index (χ0v) is 13.9. The monoisotopic (exact) mass is 314 g/mol. The van der Waals surface area contributed by atoms with E-state index in [9.17, 15) is 8.42 Å². The number of nitrogens with zero attached hydrogens (tertiary/aromatic N) is 2. The normalized spacial score (nSPS) is 27.7. The lowest BCUT2D eigenvalue weighted by molar-refractivity contribution is -0.145. The van der Waals surface area contributed by atoms with E-state index >= 15 is 0 Å². The first-order valence-electron chi connectivity index (χ1n) is 7.92. The lowest BCUT2D eigenvalue weighted by Crippen LogP contribution is -2.64. The van der Waals surface area contributed by atoms with Crippen molar-refractivity contribution < 1.29 is 13.2 Å². The number of hydrogen-bond donors (Lipinski definition) is 0. The maximum absolute atomic E-state index is 12.4. The molecule has 0 radical (unpaired) electrons. The van der Waals surface area contributed by atoms with Crippen LogP contribution in [0.15, 0.2) is 0 Å². The standard InChI is InChI=1S/C15H26N2O3S/c1-3-20-14-12-13(15(14)8-4-5-9-15)17(2)21(18,19)11-7-6-10-16/h13-14H,3-9,11-12H2,1-2H3/t13-,14+/m1/s1. The topological polar surface area (TPSA) is 70.4 Å². The van der Waals surface area contributed by atoms with Crippen LogP contribution in [0.5, 0.6) is 0 Å². The minimum absolute atomic E-state index is 0.0348. The molecular formula is C15H26N2O3S. The summed E-state index contributed by atoms with van der Waals surface area (Å²) in [5.41, 5.74) is 0.0348. The van der Waals surface area contributed by atoms with Crippen LogP contribution >= 0.6 is 0 Å². The van der Waals surface area contributed by atoms with Crippen LogP contribution in [0.1, 0.15) is 51.9 Å². The molecule has 0 aliphatic heterocycles. The van der Waals surface area contributed by atoms with E-state index in [1.807, 2.05) is 13.0 Å². The van der Waals surface area contributed by atoms with Crippen molar-refractivity contribution in [3.63, 3.8) is 0 Å². The fraction of sp³-hybridized carbons (Fsp3) is 0.933. The Bertz CT molecular complexity index is 492. The third-order valence-corrected chi connectivity index (χ3v) is 7.15. The van der Waals surface area contributed by atoms with Gasteiger partial charge in [-0.25, -0.2) is 12.7 Å². The largest absolute Gasteiger partial charge is 0.378 e. The molecule has 0 N–H and O–H groups in total. The third kappa shape index (κ3) is 3.10. The quantitative estimate of drug-likeness (QED) is 0.676. The first kappa shape index (κ1) is 16.7. The summed E-state index contributed by atoms with van der Waals surface area (Å²) in [5, 5.41) is 8.55. The zero-order valence-electron chi connectivity index (χ0n) is 13.0. The van der Waals surface area contributed by atoms with Crippen molar-refractivity contribution in [1.29, 1.82) is 5.26 Å². The predicted octanol–water partition coefficient (Wildman–Crippen LogP) is 2.29. The Morgan fingerprint density at radius 3 is 2.62 bits per heavy atom. The van der Waals surface area contributed by atoms with Gasteiger partial charge in [-0.05, 0) is 32.6 Å². The summed E-state index contributed by atoms with van der Waals surface area (Å²) >= 11 is 0. The predicted molar refractivity (Wildman–Crippen MR) is 81.1 cm³/mol. The second kappa shape index (κ2) is 6.64. The third-order valence-electron chi connectivity index (χ3n) is 5.21. The van der Waals surface area contributed by atoms with E-state index < -0.39 is 10.0 Å². The molecule has 6 heteroatoms. The second-order valence-electron chi connectivity index (χ2n) is 6.23. The zero-order chi connectivity index (χ0) is 15.5. The molecule has 2 fully saturated rings. The summed E-state index contributed by atoms with van der Waals surface area (Å²) in [7, 11) is -1.56. The molecule has 2 saturated carbocycles. The minimum Gasteiger partial charge on any atom is -0.378 e. The Morgan fingerprint density at radius 1 is 1.38 bits per heavy atom. The van der Waals surface area contributed by atoms with Crippen molar-refractivity contribution >= 4 is 10.0 Å². The van der Waals surface area contributed by atoms with E-state index in [2.05, 4.69) is 0 Å². The van der Waals surface area contributed by atoms with E-state index in [4.69, 9.17) is 10.00 Å². The number of hydrogen-bond acceptors (Lipinski definition) is 4. The SMILES string of the molecule is CCO[C@H]1C[C@@H](N(C)S(=O)(=O)CCCC#N)C12CCCC2. The van der Waals surface area contributed by atoms with Crippen LogP contribution in [0, 0.1) is 16.7 Å². The average Bonchev–Trinajstić information content (AvgIpc) is 2.95. The molecule has 5 nitrogen and oxygen atoms in total. The maximum Gasteiger partial charge on any atom is 0.214 e. The van der Waals surface area contributed by atoms with Crippen LogP contribution in [0.3, 0.4) is 0 Å². The molecule has 0 aromatic heterocycles.